The number of nitrogens with two attached hydrogens (primary N) is 1. The fourth-order valence-electron chi connectivity index (χ4n) is 1.70. The van der Waals surface area contributed by atoms with Crippen LogP contribution < -0.4 is 5.73 Å². The molecule has 2 aromatic carbocycles. The van der Waals surface area contributed by atoms with Crippen molar-refractivity contribution in [2.24, 2.45) is 0 Å². The van der Waals surface area contributed by atoms with Crippen LogP contribution in [0.4, 0.5) is 14.5 Å². The molecule has 0 unspecified atom stereocenters. The Bertz CT molecular complexity index is 643. The van der Waals surface area contributed by atoms with Gasteiger partial charge in [0.05, 0.1) is 4.47 Å². The summed E-state index contributed by atoms with van der Waals surface area (Å²) in [5.74, 6) is -1.23. The molecule has 2 nitrogen and oxygen atoms in total. The molecule has 0 atom stereocenters. The second-order valence-corrected chi connectivity index (χ2v) is 4.93. The van der Waals surface area contributed by atoms with Crippen molar-refractivity contribution in [3.8, 4) is 0 Å². The predicted molar refractivity (Wildman–Crippen MR) is 72.9 cm³/mol. The molecular formula is C14H10BrF2NO. The molecule has 98 valence electrons. The van der Waals surface area contributed by atoms with Crippen LogP contribution in [-0.2, 0) is 6.42 Å². The van der Waals surface area contributed by atoms with Gasteiger partial charge in [-0.3, -0.25) is 4.79 Å². The van der Waals surface area contributed by atoms with Gasteiger partial charge in [-0.15, -0.1) is 0 Å². The summed E-state index contributed by atoms with van der Waals surface area (Å²) in [7, 11) is 0. The summed E-state index contributed by atoms with van der Waals surface area (Å²) in [5, 5.41) is 0. The van der Waals surface area contributed by atoms with Crippen LogP contribution in [0.2, 0.25) is 0 Å². The van der Waals surface area contributed by atoms with Gasteiger partial charge < -0.3 is 5.73 Å². The zero-order valence-electron chi connectivity index (χ0n) is 9.79. The highest BCUT2D eigenvalue weighted by Gasteiger charge is 2.12. The largest absolute Gasteiger partial charge is 0.398 e. The Kier molecular flexibility index (Phi) is 3.95. The number of halogens is 3. The maximum absolute atomic E-state index is 13.1. The Morgan fingerprint density at radius 3 is 2.58 bits per heavy atom. The Morgan fingerprint density at radius 2 is 1.89 bits per heavy atom. The summed E-state index contributed by atoms with van der Waals surface area (Å²) in [4.78, 5) is 12.0. The Balaban J connectivity index is 2.25. The number of nitrogen functional groups attached to an aromatic ring is 1. The topological polar surface area (TPSA) is 43.1 Å². The maximum atomic E-state index is 13.1. The summed E-state index contributed by atoms with van der Waals surface area (Å²) in [6, 6.07) is 7.94. The number of benzene rings is 2. The number of ketones is 1. The van der Waals surface area contributed by atoms with Crippen LogP contribution in [-0.4, -0.2) is 5.78 Å². The van der Waals surface area contributed by atoms with E-state index in [4.69, 9.17) is 5.73 Å². The molecule has 0 saturated carbocycles. The minimum Gasteiger partial charge on any atom is -0.398 e. The van der Waals surface area contributed by atoms with Crippen molar-refractivity contribution in [1.82, 2.24) is 0 Å². The van der Waals surface area contributed by atoms with Crippen molar-refractivity contribution in [1.29, 1.82) is 0 Å². The number of hydrogen-bond acceptors (Lipinski definition) is 2. The van der Waals surface area contributed by atoms with Crippen LogP contribution >= 0.6 is 15.9 Å². The summed E-state index contributed by atoms with van der Waals surface area (Å²) in [5.41, 5.74) is 6.64. The lowest BCUT2D eigenvalue weighted by Crippen LogP contribution is -2.07. The molecule has 0 aliphatic heterocycles. The van der Waals surface area contributed by atoms with Crippen molar-refractivity contribution in [2.75, 3.05) is 5.73 Å². The molecule has 0 spiro atoms. The molecule has 0 aliphatic carbocycles. The van der Waals surface area contributed by atoms with Crippen LogP contribution in [0.5, 0.6) is 0 Å². The first-order valence-electron chi connectivity index (χ1n) is 5.49. The fourth-order valence-corrected chi connectivity index (χ4v) is 2.13. The standard InChI is InChI=1S/C14H10BrF2NO/c15-11-5-8(1-3-12(11)17)6-14(19)10-7-9(16)2-4-13(10)18/h1-5,7H,6,18H2. The van der Waals surface area contributed by atoms with E-state index in [0.29, 0.717) is 5.56 Å². The number of anilines is 1. The third kappa shape index (κ3) is 3.17. The smallest absolute Gasteiger partial charge is 0.169 e. The molecule has 0 aliphatic rings. The quantitative estimate of drug-likeness (QED) is 0.690. The van der Waals surface area contributed by atoms with Crippen molar-refractivity contribution in [3.63, 3.8) is 0 Å². The van der Waals surface area contributed by atoms with E-state index in [9.17, 15) is 13.6 Å². The van der Waals surface area contributed by atoms with E-state index in [0.717, 1.165) is 6.07 Å². The molecule has 0 saturated heterocycles. The third-order valence-electron chi connectivity index (χ3n) is 2.66. The monoisotopic (exact) mass is 325 g/mol. The molecule has 5 heteroatoms. The van der Waals surface area contributed by atoms with Gasteiger partial charge in [0.1, 0.15) is 11.6 Å². The minimum absolute atomic E-state index is 0.0343. The van der Waals surface area contributed by atoms with Gasteiger partial charge in [-0.05, 0) is 51.8 Å². The molecule has 0 aromatic heterocycles. The lowest BCUT2D eigenvalue weighted by Gasteiger charge is -2.06. The van der Waals surface area contributed by atoms with E-state index in [-0.39, 0.29) is 27.9 Å². The second kappa shape index (κ2) is 5.48. The van der Waals surface area contributed by atoms with E-state index in [2.05, 4.69) is 15.9 Å². The van der Waals surface area contributed by atoms with Crippen molar-refractivity contribution >= 4 is 27.4 Å². The van der Waals surface area contributed by atoms with Crippen molar-refractivity contribution in [2.45, 2.75) is 6.42 Å². The molecule has 19 heavy (non-hydrogen) atoms. The lowest BCUT2D eigenvalue weighted by molar-refractivity contribution is 0.0993. The van der Waals surface area contributed by atoms with Gasteiger partial charge in [0.15, 0.2) is 5.78 Å². The van der Waals surface area contributed by atoms with Crippen LogP contribution in [0, 0.1) is 11.6 Å². The Hall–Kier alpha value is -1.75. The van der Waals surface area contributed by atoms with Gasteiger partial charge in [0.2, 0.25) is 0 Å². The predicted octanol–water partition coefficient (Wildman–Crippen LogP) is 3.73. The number of carbonyl (C=O) groups is 1. The average molecular weight is 326 g/mol. The first-order valence-corrected chi connectivity index (χ1v) is 6.29. The number of rotatable bonds is 3. The first-order chi connectivity index (χ1) is 8.97. The summed E-state index contributed by atoms with van der Waals surface area (Å²) >= 11 is 3.05. The van der Waals surface area contributed by atoms with Crippen LogP contribution in [0.25, 0.3) is 0 Å². The zero-order chi connectivity index (χ0) is 14.0. The molecular weight excluding hydrogens is 316 g/mol. The van der Waals surface area contributed by atoms with Crippen LogP contribution in [0.15, 0.2) is 40.9 Å². The van der Waals surface area contributed by atoms with E-state index < -0.39 is 11.6 Å². The first kappa shape index (κ1) is 13.7. The van der Waals surface area contributed by atoms with Gasteiger partial charge in [0.25, 0.3) is 0 Å². The van der Waals surface area contributed by atoms with Gasteiger partial charge in [0, 0.05) is 17.7 Å². The fraction of sp³-hybridized carbons (Fsp3) is 0.0714. The zero-order valence-corrected chi connectivity index (χ0v) is 11.4. The lowest BCUT2D eigenvalue weighted by atomic mass is 10.0. The average Bonchev–Trinajstić information content (AvgIpc) is 2.36. The van der Waals surface area contributed by atoms with E-state index in [1.807, 2.05) is 0 Å². The van der Waals surface area contributed by atoms with Gasteiger partial charge in [-0.1, -0.05) is 6.07 Å². The number of Topliss-reactive ketones (excluding diaryl/α,β-unsaturated/α-hetero) is 1. The molecule has 0 amide bonds. The summed E-state index contributed by atoms with van der Waals surface area (Å²) in [6.07, 6.45) is 0.0343. The van der Waals surface area contributed by atoms with Gasteiger partial charge in [-0.25, -0.2) is 8.78 Å². The summed E-state index contributed by atoms with van der Waals surface area (Å²) in [6.45, 7) is 0. The third-order valence-corrected chi connectivity index (χ3v) is 3.27. The van der Waals surface area contributed by atoms with Gasteiger partial charge in [-0.2, -0.15) is 0 Å². The summed E-state index contributed by atoms with van der Waals surface area (Å²) < 4.78 is 26.5. The number of hydrogen-bond donors (Lipinski definition) is 1. The molecule has 0 radical (unpaired) electrons. The highest BCUT2D eigenvalue weighted by Crippen LogP contribution is 2.20. The van der Waals surface area contributed by atoms with E-state index in [1.54, 1.807) is 0 Å². The van der Waals surface area contributed by atoms with Gasteiger partial charge >= 0.3 is 0 Å². The highest BCUT2D eigenvalue weighted by atomic mass is 79.9. The second-order valence-electron chi connectivity index (χ2n) is 4.08. The molecule has 2 aromatic rings. The molecule has 0 bridgehead atoms. The SMILES string of the molecule is Nc1ccc(F)cc1C(=O)Cc1ccc(F)c(Br)c1. The van der Waals surface area contributed by atoms with E-state index in [1.165, 1.54) is 30.3 Å². The molecule has 2 N–H and O–H groups in total. The van der Waals surface area contributed by atoms with Crippen molar-refractivity contribution in [3.05, 3.63) is 63.6 Å². The molecule has 0 heterocycles. The number of carbonyl (C=O) groups excluding carboxylic acids is 1. The van der Waals surface area contributed by atoms with Crippen LogP contribution in [0.1, 0.15) is 15.9 Å². The maximum Gasteiger partial charge on any atom is 0.169 e. The Morgan fingerprint density at radius 1 is 1.16 bits per heavy atom. The van der Waals surface area contributed by atoms with E-state index >= 15 is 0 Å². The molecule has 2 rings (SSSR count). The molecule has 0 fully saturated rings. The van der Waals surface area contributed by atoms with Crippen molar-refractivity contribution < 1.29 is 13.6 Å². The normalized spacial score (nSPS) is 10.5. The minimum atomic E-state index is -0.516. The Labute approximate surface area is 117 Å². The van der Waals surface area contributed by atoms with Crippen LogP contribution in [0.3, 0.4) is 0 Å². The highest BCUT2D eigenvalue weighted by molar-refractivity contribution is 9.10.